The van der Waals surface area contributed by atoms with E-state index in [1.54, 1.807) is 0 Å². The maximum atomic E-state index is 6.21. The van der Waals surface area contributed by atoms with Crippen molar-refractivity contribution in [1.82, 2.24) is 0 Å². The average Bonchev–Trinajstić information content (AvgIpc) is 2.42. The van der Waals surface area contributed by atoms with Gasteiger partial charge in [0.1, 0.15) is 0 Å². The molecule has 2 rings (SSSR count). The van der Waals surface area contributed by atoms with Gasteiger partial charge in [-0.3, -0.25) is 0 Å². The van der Waals surface area contributed by atoms with E-state index in [1.165, 1.54) is 6.21 Å². The molecule has 0 aromatic heterocycles. The summed E-state index contributed by atoms with van der Waals surface area (Å²) in [6.45, 7) is 0. The predicted molar refractivity (Wildman–Crippen MR) is 85.3 cm³/mol. The summed E-state index contributed by atoms with van der Waals surface area (Å²) in [6, 6.07) is 13.4. The Hall–Kier alpha value is -2.04. The number of hydrogen-bond donors (Lipinski definition) is 2. The van der Waals surface area contributed by atoms with Crippen molar-refractivity contribution in [2.24, 2.45) is 21.7 Å². The Morgan fingerprint density at radius 2 is 1.55 bits per heavy atom. The van der Waals surface area contributed by atoms with Crippen LogP contribution >= 0.6 is 23.2 Å². The largest absolute Gasteiger partial charge is 0.369 e. The van der Waals surface area contributed by atoms with Crippen molar-refractivity contribution in [2.75, 3.05) is 0 Å². The maximum absolute atomic E-state index is 6.21. The lowest BCUT2D eigenvalue weighted by molar-refractivity contribution is 1.21. The van der Waals surface area contributed by atoms with Gasteiger partial charge in [-0.05, 0) is 23.3 Å². The van der Waals surface area contributed by atoms with Gasteiger partial charge in [-0.1, -0.05) is 53.5 Å². The van der Waals surface area contributed by atoms with E-state index in [2.05, 4.69) is 10.2 Å². The molecule has 0 amide bonds. The van der Waals surface area contributed by atoms with Gasteiger partial charge in [-0.15, -0.1) is 5.10 Å². The van der Waals surface area contributed by atoms with Crippen LogP contribution in [0.25, 0.3) is 11.1 Å². The van der Waals surface area contributed by atoms with Crippen LogP contribution in [0.2, 0.25) is 10.0 Å². The first kappa shape index (κ1) is 14.4. The minimum absolute atomic E-state index is 0.130. The highest BCUT2D eigenvalue weighted by molar-refractivity contribution is 6.39. The zero-order valence-corrected chi connectivity index (χ0v) is 11.9. The molecule has 2 aromatic rings. The number of halogens is 2. The predicted octanol–water partition coefficient (Wildman–Crippen LogP) is 3.27. The van der Waals surface area contributed by atoms with E-state index in [0.29, 0.717) is 15.6 Å². The first-order valence-corrected chi connectivity index (χ1v) is 6.50. The Kier molecular flexibility index (Phi) is 4.61. The average molecular weight is 307 g/mol. The molecular formula is C14H12Cl2N4. The zero-order valence-electron chi connectivity index (χ0n) is 10.4. The van der Waals surface area contributed by atoms with E-state index in [0.717, 1.165) is 11.1 Å². The van der Waals surface area contributed by atoms with Crippen molar-refractivity contribution in [3.05, 3.63) is 58.1 Å². The summed E-state index contributed by atoms with van der Waals surface area (Å²) in [7, 11) is 0. The lowest BCUT2D eigenvalue weighted by atomic mass is 10.0. The molecule has 0 saturated heterocycles. The molecule has 2 aromatic carbocycles. The fourth-order valence-electron chi connectivity index (χ4n) is 1.66. The minimum atomic E-state index is -0.130. The monoisotopic (exact) mass is 306 g/mol. The second kappa shape index (κ2) is 6.41. The molecule has 6 heteroatoms. The number of nitrogens with zero attached hydrogens (tertiary/aromatic N) is 2. The van der Waals surface area contributed by atoms with E-state index in [9.17, 15) is 0 Å². The van der Waals surface area contributed by atoms with E-state index >= 15 is 0 Å². The number of hydrogen-bond acceptors (Lipinski definition) is 2. The first-order chi connectivity index (χ1) is 9.58. The van der Waals surface area contributed by atoms with Gasteiger partial charge in [0.2, 0.25) is 5.96 Å². The number of guanidine groups is 1. The van der Waals surface area contributed by atoms with Crippen LogP contribution in [0, 0.1) is 0 Å². The maximum Gasteiger partial charge on any atom is 0.211 e. The molecule has 0 aliphatic carbocycles. The lowest BCUT2D eigenvalue weighted by Gasteiger charge is -2.06. The number of nitrogens with two attached hydrogens (primary N) is 2. The third-order valence-corrected chi connectivity index (χ3v) is 3.17. The van der Waals surface area contributed by atoms with Crippen molar-refractivity contribution in [2.45, 2.75) is 0 Å². The lowest BCUT2D eigenvalue weighted by Crippen LogP contribution is -2.21. The van der Waals surface area contributed by atoms with Crippen LogP contribution in [0.4, 0.5) is 0 Å². The molecule has 20 heavy (non-hydrogen) atoms. The summed E-state index contributed by atoms with van der Waals surface area (Å²) in [5, 5.41) is 8.17. The van der Waals surface area contributed by atoms with Crippen molar-refractivity contribution in [1.29, 1.82) is 0 Å². The smallest absolute Gasteiger partial charge is 0.211 e. The standard InChI is InChI=1S/C14H12Cl2N4/c15-12-6-10(9-4-2-1-3-5-9)7-13(16)11(12)8-19-20-14(17)18/h1-8H,(H4,17,18,20)/b19-8+. The number of rotatable bonds is 3. The van der Waals surface area contributed by atoms with Crippen molar-refractivity contribution in [3.63, 3.8) is 0 Å². The highest BCUT2D eigenvalue weighted by Gasteiger charge is 2.07. The molecule has 0 bridgehead atoms. The Morgan fingerprint density at radius 3 is 2.10 bits per heavy atom. The molecule has 0 atom stereocenters. The molecule has 102 valence electrons. The summed E-state index contributed by atoms with van der Waals surface area (Å²) >= 11 is 12.4. The van der Waals surface area contributed by atoms with Gasteiger partial charge < -0.3 is 11.5 Å². The van der Waals surface area contributed by atoms with Crippen LogP contribution in [0.1, 0.15) is 5.56 Å². The third kappa shape index (κ3) is 3.50. The van der Waals surface area contributed by atoms with Gasteiger partial charge in [0.05, 0.1) is 16.3 Å². The van der Waals surface area contributed by atoms with Crippen LogP contribution < -0.4 is 11.5 Å². The summed E-state index contributed by atoms with van der Waals surface area (Å²) in [5.74, 6) is -0.130. The van der Waals surface area contributed by atoms with E-state index in [-0.39, 0.29) is 5.96 Å². The van der Waals surface area contributed by atoms with Crippen molar-refractivity contribution >= 4 is 35.4 Å². The van der Waals surface area contributed by atoms with Gasteiger partial charge in [-0.25, -0.2) is 0 Å². The van der Waals surface area contributed by atoms with Gasteiger partial charge in [-0.2, -0.15) is 5.10 Å². The van der Waals surface area contributed by atoms with Crippen molar-refractivity contribution < 1.29 is 0 Å². The summed E-state index contributed by atoms with van der Waals surface area (Å²) in [5.41, 5.74) is 12.9. The topological polar surface area (TPSA) is 76.8 Å². The van der Waals surface area contributed by atoms with E-state index in [4.69, 9.17) is 34.7 Å². The highest BCUT2D eigenvalue weighted by Crippen LogP contribution is 2.30. The second-order valence-corrected chi connectivity index (χ2v) is 4.80. The molecule has 0 spiro atoms. The van der Waals surface area contributed by atoms with E-state index < -0.39 is 0 Å². The third-order valence-electron chi connectivity index (χ3n) is 2.55. The molecule has 0 aliphatic rings. The van der Waals surface area contributed by atoms with Gasteiger partial charge in [0.25, 0.3) is 0 Å². The Bertz CT molecular complexity index is 639. The molecule has 4 N–H and O–H groups in total. The summed E-state index contributed by atoms with van der Waals surface area (Å²) in [4.78, 5) is 0. The van der Waals surface area contributed by atoms with Crippen molar-refractivity contribution in [3.8, 4) is 11.1 Å². The quantitative estimate of drug-likeness (QED) is 0.518. The van der Waals surface area contributed by atoms with Crippen LogP contribution in [0.3, 0.4) is 0 Å². The second-order valence-electron chi connectivity index (χ2n) is 3.99. The van der Waals surface area contributed by atoms with Crippen LogP contribution in [0.5, 0.6) is 0 Å². The molecule has 0 fully saturated rings. The van der Waals surface area contributed by atoms with Crippen LogP contribution in [0.15, 0.2) is 52.7 Å². The molecule has 4 nitrogen and oxygen atoms in total. The normalized spacial score (nSPS) is 10.7. The number of benzene rings is 2. The first-order valence-electron chi connectivity index (χ1n) is 5.74. The molecule has 0 radical (unpaired) electrons. The van der Waals surface area contributed by atoms with Gasteiger partial charge in [0.15, 0.2) is 0 Å². The fourth-order valence-corrected chi connectivity index (χ4v) is 2.24. The summed E-state index contributed by atoms with van der Waals surface area (Å²) < 4.78 is 0. The highest BCUT2D eigenvalue weighted by atomic mass is 35.5. The molecule has 0 heterocycles. The molecule has 0 aliphatic heterocycles. The van der Waals surface area contributed by atoms with Crippen LogP contribution in [-0.2, 0) is 0 Å². The van der Waals surface area contributed by atoms with E-state index in [1.807, 2.05) is 42.5 Å². The SMILES string of the molecule is NC(N)=N/N=C/c1c(Cl)cc(-c2ccccc2)cc1Cl. The Balaban J connectivity index is 2.39. The Morgan fingerprint density at radius 1 is 0.950 bits per heavy atom. The van der Waals surface area contributed by atoms with Gasteiger partial charge >= 0.3 is 0 Å². The summed E-state index contributed by atoms with van der Waals surface area (Å²) in [6.07, 6.45) is 1.42. The Labute approximate surface area is 126 Å². The molecule has 0 saturated carbocycles. The van der Waals surface area contributed by atoms with Gasteiger partial charge in [0, 0.05) is 5.56 Å². The zero-order chi connectivity index (χ0) is 14.5. The fraction of sp³-hybridized carbons (Fsp3) is 0. The minimum Gasteiger partial charge on any atom is -0.369 e. The molecule has 0 unspecified atom stereocenters. The molecular weight excluding hydrogens is 295 g/mol. The van der Waals surface area contributed by atoms with Crippen LogP contribution in [-0.4, -0.2) is 12.2 Å².